The molecule has 0 aliphatic carbocycles. The van der Waals surface area contributed by atoms with E-state index in [2.05, 4.69) is 0 Å². The van der Waals surface area contributed by atoms with Crippen LogP contribution < -0.4 is 0 Å². The van der Waals surface area contributed by atoms with Crippen molar-refractivity contribution in [1.82, 2.24) is 0 Å². The topological polar surface area (TPSA) is 26.3 Å². The first-order chi connectivity index (χ1) is 75.2. The maximum atomic E-state index is 9.72. The second-order valence-corrected chi connectivity index (χ2v) is 22.6. The predicted molar refractivity (Wildman–Crippen MR) is 435 cm³/mol. The lowest BCUT2D eigenvalue weighted by molar-refractivity contribution is 0.669. The number of benzene rings is 20. The fourth-order valence-corrected chi connectivity index (χ4v) is 13.2. The summed E-state index contributed by atoms with van der Waals surface area (Å²) in [5.41, 5.74) is -11.7. The van der Waals surface area contributed by atoms with E-state index in [1.54, 1.807) is 0 Å². The highest BCUT2D eigenvalue weighted by Crippen LogP contribution is 2.51. The smallest absolute Gasteiger partial charge is 0.136 e. The van der Waals surface area contributed by atoms with Crippen molar-refractivity contribution < 1.29 is 89.7 Å². The second kappa shape index (κ2) is 23.1. The normalized spacial score (nSPS) is 20.0. The highest BCUT2D eigenvalue weighted by molar-refractivity contribution is 6.30. The van der Waals surface area contributed by atoms with Crippen molar-refractivity contribution in [3.8, 4) is 66.8 Å². The maximum Gasteiger partial charge on any atom is 0.136 e. The van der Waals surface area contributed by atoms with E-state index in [1.807, 2.05) is 0 Å². The SMILES string of the molecule is [2H]c1c([2H])c(-c2c([2H])c([2H])c([2H])c3c(-c4c5c([2H])c([2H])c([2H])c([2H])c5c(-c5c([2H])c([2H])c6c([2H])c([2H])c([2H])c([2H])c6c5[2H])c5c([2H])c([2H])c([2H])c([2H])c45)c([2H])c([2H])c([2H])c23)c2c(oc3c([2H])c([2H])c4c([2H])c([2H])c([2H])c([2H])c4c32)c1[2H].[2H]c1cc2c(c([2H])c1[2H])c([2H])c([2H])c1oc3c([2H])c([2H])c([2H])c(-c4c([2H])c([2H])c([2H])c5c(-c6c7c([2H])c([2H])c([2H])c([2H])c7c(-c7c([2H])c([2H])c([2H])c8c([2H])c([2H])c([2H])c([2H])c78)c7c([2H])c([2H])c([2H])c([2H])c67)c([2H])c([2H])c([2H])c45)c3c12. The molecule has 472 valence electrons. The fraction of sp³-hybridized carbons (Fsp3) is 0. The van der Waals surface area contributed by atoms with Crippen molar-refractivity contribution in [2.24, 2.45) is 0 Å². The van der Waals surface area contributed by atoms with Crippen molar-refractivity contribution in [2.75, 3.05) is 0 Å². The van der Waals surface area contributed by atoms with Crippen LogP contribution in [0, 0.1) is 0 Å². The monoisotopic (exact) mass is 1350 g/mol. The summed E-state index contributed by atoms with van der Waals surface area (Å²) in [6.07, 6.45) is 0. The number of hydrogen-bond acceptors (Lipinski definition) is 2. The van der Waals surface area contributed by atoms with E-state index in [4.69, 9.17) is 55.4 Å². The molecule has 0 saturated carbocycles. The molecule has 0 radical (unpaired) electrons. The molecule has 0 atom stereocenters. The van der Waals surface area contributed by atoms with Gasteiger partial charge in [-0.05, 0) is 205 Å². The molecule has 102 heavy (non-hydrogen) atoms. The Kier molecular flexibility index (Phi) is 5.48. The van der Waals surface area contributed by atoms with E-state index in [1.165, 1.54) is 0 Å². The molecule has 0 aliphatic heterocycles. The fourth-order valence-electron chi connectivity index (χ4n) is 13.2. The first-order valence-corrected chi connectivity index (χ1v) is 30.4. The number of rotatable bonds is 6. The van der Waals surface area contributed by atoms with Crippen molar-refractivity contribution in [3.05, 3.63) is 363 Å². The highest BCUT2D eigenvalue weighted by Gasteiger charge is 2.24. The average molecular weight is 1350 g/mol. The van der Waals surface area contributed by atoms with Gasteiger partial charge in [-0.15, -0.1) is 0 Å². The van der Waals surface area contributed by atoms with Gasteiger partial charge >= 0.3 is 0 Å². The van der Waals surface area contributed by atoms with Crippen molar-refractivity contribution in [2.45, 2.75) is 0 Å². The van der Waals surface area contributed by atoms with Crippen molar-refractivity contribution >= 4 is 152 Å². The number of furan rings is 2. The molecular formula is C100H60O2. The standard InChI is InChI=1S/2C50H30O/c1-3-16-33-31(13-1)15-9-25-38(33)47-41-18-5-7-20-43(41)48(44-21-8-6-19-42(44)47)39-26-11-22-35-36(39)23-10-24-37(35)40-27-12-28-45-50(40)49-34-17-4-2-14-32(34)29-30-46(49)51-45;1-2-14-33-30-34(27-26-31(33)12-1)47-41-16-5-7-18-43(41)48(44-19-8-6-17-42(44)47)39-23-10-20-36-37(39)21-9-22-38(36)40-24-11-25-45-50(40)49-35-15-4-3-13-32(35)28-29-46(49)51-45/h2*1-30H/i1D,2D,3D,4D,5D,6D,7D,8D,9D,10D,11D,12D,13D,14D,15D,16D,18D,19D,20D,21D,22D,23D,24D,25D,26D,27D,28D,29D,30D;1D,2D,3D,4D,5D,6D,7D,8D,9D,10D,11D,12D,13D,14D,15D,16D,17D,18D,19D,20D,21D,22D,23D,24D,25D,26D,27D,28D,29D,30D. The zero-order valence-electron chi connectivity index (χ0n) is 110. The van der Waals surface area contributed by atoms with Crippen molar-refractivity contribution in [3.63, 3.8) is 0 Å². The van der Waals surface area contributed by atoms with E-state index in [0.717, 1.165) is 6.07 Å². The second-order valence-electron chi connectivity index (χ2n) is 22.6. The van der Waals surface area contributed by atoms with Crippen LogP contribution in [0.4, 0.5) is 0 Å². The molecule has 0 spiro atoms. The van der Waals surface area contributed by atoms with Crippen LogP contribution in [0.25, 0.3) is 218 Å². The summed E-state index contributed by atoms with van der Waals surface area (Å²) < 4.78 is 551. The van der Waals surface area contributed by atoms with Gasteiger partial charge < -0.3 is 8.83 Å². The third-order valence-electron chi connectivity index (χ3n) is 17.4. The lowest BCUT2D eigenvalue weighted by atomic mass is 9.83. The van der Waals surface area contributed by atoms with Gasteiger partial charge in [0.15, 0.2) is 0 Å². The van der Waals surface area contributed by atoms with Gasteiger partial charge in [0, 0.05) is 21.5 Å². The van der Waals surface area contributed by atoms with Crippen LogP contribution in [0.1, 0.15) is 80.9 Å². The Morgan fingerprint density at radius 2 is 0.461 bits per heavy atom. The summed E-state index contributed by atoms with van der Waals surface area (Å²) in [5.74, 6) is 0. The lowest BCUT2D eigenvalue weighted by Gasteiger charge is -2.20. The molecule has 0 amide bonds. The zero-order chi connectivity index (χ0) is 118. The Morgan fingerprint density at radius 1 is 0.167 bits per heavy atom. The lowest BCUT2D eigenvalue weighted by Crippen LogP contribution is -1.92. The predicted octanol–water partition coefficient (Wildman–Crippen LogP) is 28.7. The van der Waals surface area contributed by atoms with Gasteiger partial charge in [0.1, 0.15) is 22.3 Å². The van der Waals surface area contributed by atoms with Gasteiger partial charge in [0.25, 0.3) is 0 Å². The Hall–Kier alpha value is -13.4. The first kappa shape index (κ1) is 24.2. The summed E-state index contributed by atoms with van der Waals surface area (Å²) in [7, 11) is 0. The Morgan fingerprint density at radius 3 is 0.951 bits per heavy atom. The van der Waals surface area contributed by atoms with Gasteiger partial charge in [0.2, 0.25) is 0 Å². The van der Waals surface area contributed by atoms with Crippen LogP contribution in [0.15, 0.2) is 371 Å². The summed E-state index contributed by atoms with van der Waals surface area (Å²) >= 11 is 0. The van der Waals surface area contributed by atoms with Crippen LogP contribution in [-0.2, 0) is 0 Å². The quantitative estimate of drug-likeness (QED) is 0.155. The zero-order valence-corrected chi connectivity index (χ0v) is 50.9. The molecular weight excluding hydrogens is 1230 g/mol. The van der Waals surface area contributed by atoms with E-state index in [9.17, 15) is 34.3 Å². The van der Waals surface area contributed by atoms with Crippen LogP contribution in [0.2, 0.25) is 0 Å². The van der Waals surface area contributed by atoms with Crippen LogP contribution in [-0.4, -0.2) is 0 Å². The van der Waals surface area contributed by atoms with Crippen molar-refractivity contribution in [1.29, 1.82) is 0 Å². The molecule has 20 aromatic carbocycles. The maximum absolute atomic E-state index is 9.72. The molecule has 2 nitrogen and oxygen atoms in total. The van der Waals surface area contributed by atoms with E-state index < -0.39 is 559 Å². The third-order valence-corrected chi connectivity index (χ3v) is 17.4. The van der Waals surface area contributed by atoms with E-state index >= 15 is 0 Å². The minimum Gasteiger partial charge on any atom is -0.456 e. The molecule has 0 aliphatic rings. The molecule has 22 rings (SSSR count). The molecule has 0 saturated heterocycles. The summed E-state index contributed by atoms with van der Waals surface area (Å²) in [6, 6.07) is -54.7. The molecule has 0 N–H and O–H groups in total. The largest absolute Gasteiger partial charge is 0.456 e. The summed E-state index contributed by atoms with van der Waals surface area (Å²) in [6.45, 7) is 0. The minimum absolute atomic E-state index is 0.209. The molecule has 0 bridgehead atoms. The van der Waals surface area contributed by atoms with Gasteiger partial charge in [-0.1, -0.05) is 332 Å². The van der Waals surface area contributed by atoms with E-state index in [-0.39, 0.29) is 16.2 Å². The summed E-state index contributed by atoms with van der Waals surface area (Å²) in [4.78, 5) is 0. The van der Waals surface area contributed by atoms with Gasteiger partial charge in [-0.3, -0.25) is 0 Å². The number of hydrogen-bond donors (Lipinski definition) is 0. The molecule has 2 aromatic heterocycles. The molecule has 0 fully saturated rings. The molecule has 0 unspecified atom stereocenters. The minimum atomic E-state index is -1.12. The van der Waals surface area contributed by atoms with Crippen LogP contribution in [0.5, 0.6) is 0 Å². The Bertz CT molecular complexity index is 10800. The first-order valence-electron chi connectivity index (χ1n) is 59.9. The number of fused-ring (bicyclic) bond motifs is 18. The third kappa shape index (κ3) is 8.86. The molecule has 2 heterocycles. The van der Waals surface area contributed by atoms with Crippen LogP contribution in [0.3, 0.4) is 0 Å². The summed E-state index contributed by atoms with van der Waals surface area (Å²) in [5, 5.41) is -15.4. The van der Waals surface area contributed by atoms with Gasteiger partial charge in [-0.25, -0.2) is 0 Å². The Labute approximate surface area is 670 Å². The highest BCUT2D eigenvalue weighted by atomic mass is 16.3. The van der Waals surface area contributed by atoms with Gasteiger partial charge in [0.05, 0.1) is 80.9 Å². The Balaban J connectivity index is 0.000000185. The van der Waals surface area contributed by atoms with E-state index in [0.29, 0.717) is 0 Å². The van der Waals surface area contributed by atoms with Crippen LogP contribution >= 0.6 is 0 Å². The molecule has 22 aromatic rings. The molecule has 2 heteroatoms. The average Bonchev–Trinajstić information content (AvgIpc) is 1.07. The van der Waals surface area contributed by atoms with Gasteiger partial charge in [-0.2, -0.15) is 0 Å².